The van der Waals surface area contributed by atoms with E-state index in [2.05, 4.69) is 28.1 Å². The fourth-order valence-corrected chi connectivity index (χ4v) is 3.26. The highest BCUT2D eigenvalue weighted by Gasteiger charge is 2.54. The van der Waals surface area contributed by atoms with Crippen molar-refractivity contribution in [1.29, 1.82) is 0 Å². The zero-order valence-electron chi connectivity index (χ0n) is 13.5. The molecule has 0 unspecified atom stereocenters. The van der Waals surface area contributed by atoms with Gasteiger partial charge in [0, 0.05) is 4.47 Å². The Morgan fingerprint density at radius 3 is 2.32 bits per heavy atom. The normalized spacial score (nSPS) is 26.0. The van der Waals surface area contributed by atoms with E-state index in [4.69, 9.17) is 9.31 Å². The molecule has 2 fully saturated rings. The summed E-state index contributed by atoms with van der Waals surface area (Å²) >= 11 is 3.48. The third kappa shape index (κ3) is 2.79. The van der Waals surface area contributed by atoms with E-state index in [0.717, 1.165) is 22.9 Å². The Kier molecular flexibility index (Phi) is 4.03. The number of allylic oxidation sites excluding steroid dienone is 1. The van der Waals surface area contributed by atoms with Crippen molar-refractivity contribution < 1.29 is 13.7 Å². The van der Waals surface area contributed by atoms with Gasteiger partial charge < -0.3 is 9.31 Å². The summed E-state index contributed by atoms with van der Waals surface area (Å²) < 4.78 is 27.3. The monoisotopic (exact) mass is 366 g/mol. The highest BCUT2D eigenvalue weighted by atomic mass is 79.9. The predicted octanol–water partition coefficient (Wildman–Crippen LogP) is 5.18. The second kappa shape index (κ2) is 5.46. The molecule has 22 heavy (non-hydrogen) atoms. The lowest BCUT2D eigenvalue weighted by Gasteiger charge is -2.32. The van der Waals surface area contributed by atoms with Crippen LogP contribution in [0.5, 0.6) is 0 Å². The molecule has 3 rings (SSSR count). The van der Waals surface area contributed by atoms with Gasteiger partial charge in [-0.2, -0.15) is 0 Å². The second-order valence-electron chi connectivity index (χ2n) is 7.20. The zero-order chi connectivity index (χ0) is 16.1. The number of hydrogen-bond donors (Lipinski definition) is 0. The van der Waals surface area contributed by atoms with Crippen LogP contribution in [0.1, 0.15) is 52.0 Å². The molecule has 1 saturated carbocycles. The van der Waals surface area contributed by atoms with Gasteiger partial charge in [0.1, 0.15) is 5.73 Å². The average molecular weight is 367 g/mol. The molecule has 0 spiro atoms. The third-order valence-corrected chi connectivity index (χ3v) is 5.60. The van der Waals surface area contributed by atoms with Crippen LogP contribution in [0, 0.1) is 0 Å². The quantitative estimate of drug-likeness (QED) is 0.671. The van der Waals surface area contributed by atoms with Crippen molar-refractivity contribution >= 4 is 23.0 Å². The van der Waals surface area contributed by atoms with Crippen LogP contribution < -0.4 is 0 Å². The van der Waals surface area contributed by atoms with Gasteiger partial charge in [-0.25, -0.2) is 4.39 Å². The Morgan fingerprint density at radius 1 is 1.18 bits per heavy atom. The molecule has 118 valence electrons. The van der Waals surface area contributed by atoms with E-state index in [-0.39, 0.29) is 5.73 Å². The molecule has 2 aliphatic rings. The standard InChI is InChI=1S/C17H21BBrFO2/c1-16(2)17(3,4)22-18(21-16)15(20)13-8-12(9-13)11-6-5-7-14(19)10-11/h5-7,10,12H,8-9H2,1-4H3. The fourth-order valence-electron chi connectivity index (χ4n) is 2.84. The molecule has 0 amide bonds. The molecule has 1 aromatic carbocycles. The van der Waals surface area contributed by atoms with Crippen molar-refractivity contribution in [3.63, 3.8) is 0 Å². The number of halogens is 2. The first-order chi connectivity index (χ1) is 10.2. The molecule has 1 heterocycles. The molecule has 1 saturated heterocycles. The maximum Gasteiger partial charge on any atom is 0.525 e. The van der Waals surface area contributed by atoms with Crippen LogP contribution in [0.15, 0.2) is 40.0 Å². The van der Waals surface area contributed by atoms with E-state index in [1.54, 1.807) is 0 Å². The van der Waals surface area contributed by atoms with E-state index in [1.165, 1.54) is 5.56 Å². The van der Waals surface area contributed by atoms with E-state index >= 15 is 0 Å². The van der Waals surface area contributed by atoms with Crippen molar-refractivity contribution in [1.82, 2.24) is 0 Å². The Morgan fingerprint density at radius 2 is 1.77 bits per heavy atom. The summed E-state index contributed by atoms with van der Waals surface area (Å²) in [4.78, 5) is 0. The van der Waals surface area contributed by atoms with Gasteiger partial charge in [0.25, 0.3) is 0 Å². The van der Waals surface area contributed by atoms with E-state index in [9.17, 15) is 4.39 Å². The van der Waals surface area contributed by atoms with Gasteiger partial charge in [-0.3, -0.25) is 0 Å². The van der Waals surface area contributed by atoms with Crippen molar-refractivity contribution in [2.45, 2.75) is 57.7 Å². The zero-order valence-corrected chi connectivity index (χ0v) is 15.0. The SMILES string of the molecule is CC1(C)OB(C(F)=C2CC(c3cccc(Br)c3)C2)OC1(C)C. The molecule has 1 aliphatic carbocycles. The molecule has 0 bridgehead atoms. The Balaban J connectivity index is 1.70. The lowest BCUT2D eigenvalue weighted by molar-refractivity contribution is 0.00578. The number of hydrogen-bond acceptors (Lipinski definition) is 2. The minimum atomic E-state index is -0.858. The smallest absolute Gasteiger partial charge is 0.398 e. The van der Waals surface area contributed by atoms with Crippen molar-refractivity contribution in [3.8, 4) is 0 Å². The first kappa shape index (κ1) is 16.2. The maximum absolute atomic E-state index is 14.6. The van der Waals surface area contributed by atoms with Crippen LogP contribution in [-0.4, -0.2) is 18.3 Å². The molecular formula is C17H21BBrFO2. The van der Waals surface area contributed by atoms with E-state index in [0.29, 0.717) is 5.92 Å². The number of benzene rings is 1. The fraction of sp³-hybridized carbons (Fsp3) is 0.529. The summed E-state index contributed by atoms with van der Waals surface area (Å²) in [5.74, 6) is 0.390. The van der Waals surface area contributed by atoms with E-state index in [1.807, 2.05) is 39.8 Å². The van der Waals surface area contributed by atoms with Crippen LogP contribution in [0.4, 0.5) is 4.39 Å². The Labute approximate surface area is 140 Å². The van der Waals surface area contributed by atoms with Gasteiger partial charge >= 0.3 is 7.12 Å². The summed E-state index contributed by atoms with van der Waals surface area (Å²) in [5, 5.41) is 0. The third-order valence-electron chi connectivity index (χ3n) is 5.10. The minimum Gasteiger partial charge on any atom is -0.398 e. The summed E-state index contributed by atoms with van der Waals surface area (Å²) in [7, 11) is -0.858. The Bertz CT molecular complexity index is 603. The molecule has 0 radical (unpaired) electrons. The van der Waals surface area contributed by atoms with Gasteiger partial charge in [-0.1, -0.05) is 28.1 Å². The highest BCUT2D eigenvalue weighted by molar-refractivity contribution is 9.10. The first-order valence-corrected chi connectivity index (χ1v) is 8.47. The second-order valence-corrected chi connectivity index (χ2v) is 8.12. The van der Waals surface area contributed by atoms with Crippen molar-refractivity contribution in [2.75, 3.05) is 0 Å². The molecule has 2 nitrogen and oxygen atoms in total. The number of rotatable bonds is 2. The summed E-state index contributed by atoms with van der Waals surface area (Å²) in [5.41, 5.74) is 0.847. The van der Waals surface area contributed by atoms with Crippen LogP contribution in [0.3, 0.4) is 0 Å². The molecular weight excluding hydrogens is 346 g/mol. The van der Waals surface area contributed by atoms with Gasteiger partial charge in [-0.05, 0) is 69.7 Å². The van der Waals surface area contributed by atoms with E-state index < -0.39 is 18.3 Å². The average Bonchev–Trinajstić information content (AvgIpc) is 2.56. The molecule has 0 atom stereocenters. The first-order valence-electron chi connectivity index (χ1n) is 7.68. The van der Waals surface area contributed by atoms with Crippen LogP contribution >= 0.6 is 15.9 Å². The minimum absolute atomic E-state index is 0.232. The molecule has 5 heteroatoms. The molecule has 0 aromatic heterocycles. The lowest BCUT2D eigenvalue weighted by atomic mass is 9.70. The van der Waals surface area contributed by atoms with Gasteiger partial charge in [0.2, 0.25) is 0 Å². The molecule has 0 N–H and O–H groups in total. The molecule has 1 aliphatic heterocycles. The summed E-state index contributed by atoms with van der Waals surface area (Å²) in [6.07, 6.45) is 1.48. The van der Waals surface area contributed by atoms with Crippen molar-refractivity contribution in [3.05, 3.63) is 45.6 Å². The van der Waals surface area contributed by atoms with Crippen LogP contribution in [0.25, 0.3) is 0 Å². The van der Waals surface area contributed by atoms with Gasteiger partial charge in [-0.15, -0.1) is 0 Å². The molecule has 1 aromatic rings. The van der Waals surface area contributed by atoms with Crippen LogP contribution in [0.2, 0.25) is 0 Å². The van der Waals surface area contributed by atoms with Gasteiger partial charge in [0.05, 0.1) is 11.2 Å². The highest BCUT2D eigenvalue weighted by Crippen LogP contribution is 2.46. The largest absolute Gasteiger partial charge is 0.525 e. The van der Waals surface area contributed by atoms with Crippen LogP contribution in [-0.2, 0) is 9.31 Å². The van der Waals surface area contributed by atoms with Gasteiger partial charge in [0.15, 0.2) is 0 Å². The maximum atomic E-state index is 14.6. The summed E-state index contributed by atoms with van der Waals surface area (Å²) in [6, 6.07) is 8.22. The predicted molar refractivity (Wildman–Crippen MR) is 90.3 cm³/mol. The lowest BCUT2D eigenvalue weighted by Crippen LogP contribution is -2.41. The van der Waals surface area contributed by atoms with Crippen molar-refractivity contribution in [2.24, 2.45) is 0 Å². The topological polar surface area (TPSA) is 18.5 Å². The summed E-state index contributed by atoms with van der Waals surface area (Å²) in [6.45, 7) is 7.76. The Hall–Kier alpha value is -0.645.